The number of nitrogens with one attached hydrogen (secondary N) is 2. The number of aliphatic imine (C=N–C) groups is 1. The van der Waals surface area contributed by atoms with Crippen LogP contribution in [0, 0.1) is 6.92 Å². The van der Waals surface area contributed by atoms with Crippen LogP contribution in [0.5, 0.6) is 11.5 Å². The van der Waals surface area contributed by atoms with Crippen LogP contribution >= 0.6 is 0 Å². The normalized spacial score (nSPS) is 15.9. The maximum atomic E-state index is 5.90. The molecule has 1 atom stereocenters. The third kappa shape index (κ3) is 5.18. The monoisotopic (exact) mass is 385 g/mol. The Hall–Kier alpha value is -2.70. The number of fused-ring (bicyclic) bond motifs is 1. The fourth-order valence-corrected chi connectivity index (χ4v) is 3.35. The van der Waals surface area contributed by atoms with Crippen molar-refractivity contribution in [3.05, 3.63) is 41.2 Å². The third-order valence-corrected chi connectivity index (χ3v) is 4.67. The Bertz CT molecular complexity index is 815. The van der Waals surface area contributed by atoms with Gasteiger partial charge in [-0.15, -0.1) is 0 Å². The Balaban J connectivity index is 1.52. The van der Waals surface area contributed by atoms with Crippen molar-refractivity contribution < 1.29 is 9.47 Å². The van der Waals surface area contributed by atoms with Crippen LogP contribution in [0.3, 0.4) is 0 Å². The number of benzene rings is 1. The van der Waals surface area contributed by atoms with Crippen molar-refractivity contribution in [1.29, 1.82) is 0 Å². The molecule has 152 valence electrons. The average molecular weight is 386 g/mol. The van der Waals surface area contributed by atoms with Gasteiger partial charge in [-0.05, 0) is 44.9 Å². The lowest BCUT2D eigenvalue weighted by Crippen LogP contribution is -2.37. The fraction of sp³-hybridized carbons (Fsp3) is 0.524. The summed E-state index contributed by atoms with van der Waals surface area (Å²) in [4.78, 5) is 4.31. The van der Waals surface area contributed by atoms with Crippen molar-refractivity contribution in [3.8, 4) is 11.5 Å². The highest BCUT2D eigenvalue weighted by molar-refractivity contribution is 5.79. The molecule has 0 bridgehead atoms. The lowest BCUT2D eigenvalue weighted by Gasteiger charge is -2.15. The molecule has 1 aromatic heterocycles. The maximum Gasteiger partial charge on any atom is 0.191 e. The van der Waals surface area contributed by atoms with Gasteiger partial charge in [-0.3, -0.25) is 9.67 Å². The van der Waals surface area contributed by atoms with E-state index in [9.17, 15) is 0 Å². The number of nitrogens with zero attached hydrogens (tertiary/aromatic N) is 3. The zero-order chi connectivity index (χ0) is 19.9. The molecule has 1 unspecified atom stereocenters. The summed E-state index contributed by atoms with van der Waals surface area (Å²) in [6, 6.07) is 4.20. The summed E-state index contributed by atoms with van der Waals surface area (Å²) >= 11 is 0. The molecular weight excluding hydrogens is 354 g/mol. The number of aromatic nitrogens is 2. The minimum Gasteiger partial charge on any atom is -0.494 e. The van der Waals surface area contributed by atoms with Crippen molar-refractivity contribution in [2.45, 2.75) is 52.8 Å². The van der Waals surface area contributed by atoms with Gasteiger partial charge in [-0.25, -0.2) is 0 Å². The molecule has 0 spiro atoms. The molecule has 0 saturated carbocycles. The molecular formula is C21H31N5O2. The van der Waals surface area contributed by atoms with Crippen LogP contribution in [0.2, 0.25) is 0 Å². The van der Waals surface area contributed by atoms with Crippen molar-refractivity contribution in [3.63, 3.8) is 0 Å². The van der Waals surface area contributed by atoms with Crippen molar-refractivity contribution in [1.82, 2.24) is 20.4 Å². The quantitative estimate of drug-likeness (QED) is 0.415. The van der Waals surface area contributed by atoms with E-state index in [0.717, 1.165) is 49.0 Å². The summed E-state index contributed by atoms with van der Waals surface area (Å²) in [5.41, 5.74) is 3.48. The molecule has 2 heterocycles. The first kappa shape index (κ1) is 20.0. The third-order valence-electron chi connectivity index (χ3n) is 4.67. The molecule has 0 radical (unpaired) electrons. The fourth-order valence-electron chi connectivity index (χ4n) is 3.35. The van der Waals surface area contributed by atoms with Gasteiger partial charge in [0.15, 0.2) is 5.96 Å². The van der Waals surface area contributed by atoms with Crippen LogP contribution in [0.4, 0.5) is 0 Å². The zero-order valence-corrected chi connectivity index (χ0v) is 17.3. The summed E-state index contributed by atoms with van der Waals surface area (Å²) in [7, 11) is 1.78. The number of rotatable bonds is 8. The summed E-state index contributed by atoms with van der Waals surface area (Å²) in [5.74, 6) is 2.65. The van der Waals surface area contributed by atoms with E-state index in [-0.39, 0.29) is 6.10 Å². The van der Waals surface area contributed by atoms with Crippen LogP contribution in [-0.4, -0.2) is 42.0 Å². The molecule has 1 aliphatic rings. The predicted octanol–water partition coefficient (Wildman–Crippen LogP) is 2.67. The number of aryl methyl sites for hydroxylation is 2. The standard InChI is InChI=1S/C21H31N5O2/c1-5-27-19-10-17-9-16(3)28-20(17)11-18(19)13-24-21(22-4)23-7-6-8-26-14-15(2)12-25-26/h10-12,14,16H,5-9,13H2,1-4H3,(H2,22,23,24). The van der Waals surface area contributed by atoms with E-state index in [1.807, 2.05) is 17.8 Å². The summed E-state index contributed by atoms with van der Waals surface area (Å²) in [6.07, 6.45) is 6.06. The van der Waals surface area contributed by atoms with E-state index in [1.54, 1.807) is 7.05 Å². The second kappa shape index (κ2) is 9.48. The first-order valence-corrected chi connectivity index (χ1v) is 9.98. The van der Waals surface area contributed by atoms with E-state index in [1.165, 1.54) is 11.1 Å². The Morgan fingerprint density at radius 3 is 2.96 bits per heavy atom. The van der Waals surface area contributed by atoms with Gasteiger partial charge in [0.2, 0.25) is 0 Å². The van der Waals surface area contributed by atoms with Gasteiger partial charge in [0.1, 0.15) is 17.6 Å². The molecule has 2 N–H and O–H groups in total. The number of hydrogen-bond donors (Lipinski definition) is 2. The summed E-state index contributed by atoms with van der Waals surface area (Å²) < 4.78 is 13.7. The molecule has 28 heavy (non-hydrogen) atoms. The lowest BCUT2D eigenvalue weighted by molar-refractivity contribution is 0.254. The van der Waals surface area contributed by atoms with Gasteiger partial charge >= 0.3 is 0 Å². The van der Waals surface area contributed by atoms with E-state index >= 15 is 0 Å². The van der Waals surface area contributed by atoms with Gasteiger partial charge in [0.25, 0.3) is 0 Å². The number of ether oxygens (including phenoxy) is 2. The summed E-state index contributed by atoms with van der Waals surface area (Å²) in [5, 5.41) is 11.0. The Labute approximate surface area is 167 Å². The molecule has 0 aliphatic carbocycles. The largest absolute Gasteiger partial charge is 0.494 e. The molecule has 3 rings (SSSR count). The second-order valence-electron chi connectivity index (χ2n) is 7.12. The predicted molar refractivity (Wildman–Crippen MR) is 111 cm³/mol. The minimum absolute atomic E-state index is 0.223. The van der Waals surface area contributed by atoms with E-state index in [2.05, 4.69) is 52.9 Å². The maximum absolute atomic E-state index is 5.90. The Morgan fingerprint density at radius 2 is 2.25 bits per heavy atom. The first-order chi connectivity index (χ1) is 13.6. The molecule has 0 fully saturated rings. The average Bonchev–Trinajstić information content (AvgIpc) is 3.25. The van der Waals surface area contributed by atoms with Gasteiger partial charge < -0.3 is 20.1 Å². The van der Waals surface area contributed by atoms with Crippen LogP contribution in [-0.2, 0) is 19.5 Å². The molecule has 1 aliphatic heterocycles. The summed E-state index contributed by atoms with van der Waals surface area (Å²) in [6.45, 7) is 9.11. The molecule has 2 aromatic rings. The minimum atomic E-state index is 0.223. The van der Waals surface area contributed by atoms with Gasteiger partial charge in [0, 0.05) is 50.4 Å². The highest BCUT2D eigenvalue weighted by Gasteiger charge is 2.21. The van der Waals surface area contributed by atoms with E-state index in [4.69, 9.17) is 9.47 Å². The van der Waals surface area contributed by atoms with Crippen LogP contribution < -0.4 is 20.1 Å². The van der Waals surface area contributed by atoms with Gasteiger partial charge in [0.05, 0.1) is 12.8 Å². The van der Waals surface area contributed by atoms with Crippen molar-refractivity contribution >= 4 is 5.96 Å². The van der Waals surface area contributed by atoms with Crippen LogP contribution in [0.1, 0.15) is 37.0 Å². The van der Waals surface area contributed by atoms with Crippen LogP contribution in [0.15, 0.2) is 29.5 Å². The highest BCUT2D eigenvalue weighted by Crippen LogP contribution is 2.35. The molecule has 7 nitrogen and oxygen atoms in total. The SMILES string of the molecule is CCOc1cc2c(cc1CNC(=NC)NCCCn1cc(C)cn1)OC(C)C2. The first-order valence-electron chi connectivity index (χ1n) is 9.98. The van der Waals surface area contributed by atoms with Crippen molar-refractivity contribution in [2.24, 2.45) is 4.99 Å². The smallest absolute Gasteiger partial charge is 0.191 e. The Kier molecular flexibility index (Phi) is 6.79. The molecule has 7 heteroatoms. The van der Waals surface area contributed by atoms with E-state index < -0.39 is 0 Å². The molecule has 0 saturated heterocycles. The molecule has 0 amide bonds. The number of hydrogen-bond acceptors (Lipinski definition) is 4. The van der Waals surface area contributed by atoms with Gasteiger partial charge in [-0.2, -0.15) is 5.10 Å². The Morgan fingerprint density at radius 1 is 1.39 bits per heavy atom. The van der Waals surface area contributed by atoms with Crippen LogP contribution in [0.25, 0.3) is 0 Å². The number of guanidine groups is 1. The van der Waals surface area contributed by atoms with E-state index in [0.29, 0.717) is 13.2 Å². The van der Waals surface area contributed by atoms with Gasteiger partial charge in [-0.1, -0.05) is 0 Å². The molecule has 1 aromatic carbocycles. The highest BCUT2D eigenvalue weighted by atomic mass is 16.5. The topological polar surface area (TPSA) is 72.7 Å². The zero-order valence-electron chi connectivity index (χ0n) is 17.3. The lowest BCUT2D eigenvalue weighted by atomic mass is 10.1. The second-order valence-corrected chi connectivity index (χ2v) is 7.12. The van der Waals surface area contributed by atoms with Crippen molar-refractivity contribution in [2.75, 3.05) is 20.2 Å².